The third-order valence-electron chi connectivity index (χ3n) is 2.90. The molecule has 0 saturated heterocycles. The van der Waals surface area contributed by atoms with Gasteiger partial charge in [-0.2, -0.15) is 0 Å². The number of hydrogen-bond acceptors (Lipinski definition) is 3. The van der Waals surface area contributed by atoms with Crippen molar-refractivity contribution in [2.75, 3.05) is 12.3 Å². The van der Waals surface area contributed by atoms with E-state index in [0.717, 1.165) is 5.56 Å². The van der Waals surface area contributed by atoms with Crippen LogP contribution in [0.4, 0.5) is 4.39 Å². The van der Waals surface area contributed by atoms with Gasteiger partial charge in [-0.3, -0.25) is 0 Å². The van der Waals surface area contributed by atoms with E-state index in [-0.39, 0.29) is 22.9 Å². The highest BCUT2D eigenvalue weighted by molar-refractivity contribution is 7.92. The summed E-state index contributed by atoms with van der Waals surface area (Å²) in [5.41, 5.74) is 0.817. The molecule has 0 aliphatic carbocycles. The van der Waals surface area contributed by atoms with Crippen LogP contribution in [0.1, 0.15) is 32.4 Å². The van der Waals surface area contributed by atoms with Crippen molar-refractivity contribution < 1.29 is 12.8 Å². The first-order valence-corrected chi connectivity index (χ1v) is 7.75. The lowest BCUT2D eigenvalue weighted by Gasteiger charge is -2.15. The highest BCUT2D eigenvalue weighted by atomic mass is 32.2. The van der Waals surface area contributed by atoms with Gasteiger partial charge in [-0.15, -0.1) is 0 Å². The number of hydrogen-bond donors (Lipinski definition) is 1. The van der Waals surface area contributed by atoms with E-state index in [1.807, 2.05) is 13.0 Å². The maximum atomic E-state index is 13.0. The summed E-state index contributed by atoms with van der Waals surface area (Å²) in [6, 6.07) is 6.24. The molecule has 0 fully saturated rings. The summed E-state index contributed by atoms with van der Waals surface area (Å²) in [6.45, 7) is 5.60. The Kier molecular flexibility index (Phi) is 5.28. The van der Waals surface area contributed by atoms with Crippen LogP contribution in [0, 0.1) is 5.82 Å². The molecule has 0 aliphatic heterocycles. The van der Waals surface area contributed by atoms with Crippen molar-refractivity contribution in [1.82, 2.24) is 5.32 Å². The SMILES string of the molecule is CC(C)S(=O)(=O)CCN[C@H](C)c1cccc(F)c1. The predicted molar refractivity (Wildman–Crippen MR) is 71.7 cm³/mol. The van der Waals surface area contributed by atoms with Gasteiger partial charge in [-0.05, 0) is 38.5 Å². The smallest absolute Gasteiger partial charge is 0.153 e. The van der Waals surface area contributed by atoms with E-state index < -0.39 is 9.84 Å². The molecule has 3 nitrogen and oxygen atoms in total. The van der Waals surface area contributed by atoms with Gasteiger partial charge in [0.1, 0.15) is 5.82 Å². The highest BCUT2D eigenvalue weighted by Crippen LogP contribution is 2.13. The molecule has 0 saturated carbocycles. The number of nitrogens with one attached hydrogen (secondary N) is 1. The number of sulfone groups is 1. The van der Waals surface area contributed by atoms with Crippen molar-refractivity contribution in [2.45, 2.75) is 32.1 Å². The third-order valence-corrected chi connectivity index (χ3v) is 5.11. The second kappa shape index (κ2) is 6.29. The fourth-order valence-corrected chi connectivity index (χ4v) is 2.42. The lowest BCUT2D eigenvalue weighted by Crippen LogP contribution is -2.29. The minimum Gasteiger partial charge on any atom is -0.309 e. The van der Waals surface area contributed by atoms with Gasteiger partial charge in [0, 0.05) is 12.6 Å². The van der Waals surface area contributed by atoms with Crippen LogP contribution in [0.15, 0.2) is 24.3 Å². The molecule has 5 heteroatoms. The fraction of sp³-hybridized carbons (Fsp3) is 0.538. The molecule has 0 spiro atoms. The molecule has 1 aromatic rings. The van der Waals surface area contributed by atoms with E-state index in [0.29, 0.717) is 6.54 Å². The largest absolute Gasteiger partial charge is 0.309 e. The predicted octanol–water partition coefficient (Wildman–Crippen LogP) is 2.30. The Morgan fingerprint density at radius 2 is 1.94 bits per heavy atom. The lowest BCUT2D eigenvalue weighted by atomic mass is 10.1. The molecule has 0 aromatic heterocycles. The van der Waals surface area contributed by atoms with Crippen molar-refractivity contribution in [3.05, 3.63) is 35.6 Å². The summed E-state index contributed by atoms with van der Waals surface area (Å²) in [7, 11) is -3.02. The standard InChI is InChI=1S/C13H20FNO2S/c1-10(2)18(16,17)8-7-15-11(3)12-5-4-6-13(14)9-12/h4-6,9-11,15H,7-8H2,1-3H3/t11-/m1/s1. The molecule has 0 amide bonds. The summed E-state index contributed by atoms with van der Waals surface area (Å²) in [5.74, 6) is -0.180. The molecule has 0 aliphatic rings. The molecule has 0 bridgehead atoms. The van der Waals surface area contributed by atoms with Crippen LogP contribution in [-0.4, -0.2) is 26.0 Å². The zero-order valence-electron chi connectivity index (χ0n) is 11.0. The first kappa shape index (κ1) is 15.1. The molecule has 102 valence electrons. The lowest BCUT2D eigenvalue weighted by molar-refractivity contribution is 0.562. The van der Waals surface area contributed by atoms with Gasteiger partial charge in [0.15, 0.2) is 9.84 Å². The minimum atomic E-state index is -3.02. The normalized spacial score (nSPS) is 13.8. The Labute approximate surface area is 108 Å². The van der Waals surface area contributed by atoms with Gasteiger partial charge < -0.3 is 5.32 Å². The Morgan fingerprint density at radius 1 is 1.28 bits per heavy atom. The van der Waals surface area contributed by atoms with Crippen LogP contribution < -0.4 is 5.32 Å². The van der Waals surface area contributed by atoms with Gasteiger partial charge in [-0.1, -0.05) is 12.1 Å². The van der Waals surface area contributed by atoms with Gasteiger partial charge in [-0.25, -0.2) is 12.8 Å². The number of rotatable bonds is 6. The van der Waals surface area contributed by atoms with Crippen molar-refractivity contribution in [3.8, 4) is 0 Å². The first-order valence-electron chi connectivity index (χ1n) is 6.03. The van der Waals surface area contributed by atoms with E-state index in [9.17, 15) is 12.8 Å². The van der Waals surface area contributed by atoms with Gasteiger partial charge in [0.05, 0.1) is 11.0 Å². The van der Waals surface area contributed by atoms with Gasteiger partial charge in [0.2, 0.25) is 0 Å². The van der Waals surface area contributed by atoms with E-state index in [1.165, 1.54) is 12.1 Å². The van der Waals surface area contributed by atoms with Crippen molar-refractivity contribution in [1.29, 1.82) is 0 Å². The third kappa shape index (κ3) is 4.38. The van der Waals surface area contributed by atoms with Crippen LogP contribution in [0.25, 0.3) is 0 Å². The minimum absolute atomic E-state index is 0.0666. The Morgan fingerprint density at radius 3 is 2.50 bits per heavy atom. The summed E-state index contributed by atoms with van der Waals surface area (Å²) < 4.78 is 36.2. The van der Waals surface area contributed by atoms with Crippen molar-refractivity contribution in [3.63, 3.8) is 0 Å². The number of benzene rings is 1. The van der Waals surface area contributed by atoms with Crippen LogP contribution in [0.5, 0.6) is 0 Å². The summed E-state index contributed by atoms with van der Waals surface area (Å²) >= 11 is 0. The van der Waals surface area contributed by atoms with E-state index >= 15 is 0 Å². The van der Waals surface area contributed by atoms with E-state index in [4.69, 9.17) is 0 Å². The fourth-order valence-electron chi connectivity index (χ4n) is 1.55. The zero-order chi connectivity index (χ0) is 13.8. The van der Waals surface area contributed by atoms with Gasteiger partial charge in [0.25, 0.3) is 0 Å². The highest BCUT2D eigenvalue weighted by Gasteiger charge is 2.16. The summed E-state index contributed by atoms with van der Waals surface area (Å²) in [5, 5.41) is 2.73. The maximum Gasteiger partial charge on any atom is 0.153 e. The molecule has 1 atom stereocenters. The Bertz CT molecular complexity index is 486. The topological polar surface area (TPSA) is 46.2 Å². The van der Waals surface area contributed by atoms with Crippen LogP contribution in [0.2, 0.25) is 0 Å². The molecule has 1 N–H and O–H groups in total. The molecule has 0 unspecified atom stereocenters. The molecule has 1 aromatic carbocycles. The molecular weight excluding hydrogens is 253 g/mol. The summed E-state index contributed by atoms with van der Waals surface area (Å²) in [4.78, 5) is 0. The Hall–Kier alpha value is -0.940. The Balaban J connectivity index is 2.50. The molecule has 0 heterocycles. The quantitative estimate of drug-likeness (QED) is 0.865. The van der Waals surface area contributed by atoms with Crippen LogP contribution in [-0.2, 0) is 9.84 Å². The molecule has 1 rings (SSSR count). The average Bonchev–Trinajstić information content (AvgIpc) is 2.28. The van der Waals surface area contributed by atoms with E-state index in [2.05, 4.69) is 5.32 Å². The molecular formula is C13H20FNO2S. The maximum absolute atomic E-state index is 13.0. The second-order valence-corrected chi connectivity index (χ2v) is 7.32. The summed E-state index contributed by atoms with van der Waals surface area (Å²) in [6.07, 6.45) is 0. The number of halogens is 1. The van der Waals surface area contributed by atoms with Crippen LogP contribution in [0.3, 0.4) is 0 Å². The van der Waals surface area contributed by atoms with Crippen LogP contribution >= 0.6 is 0 Å². The molecule has 0 radical (unpaired) electrons. The van der Waals surface area contributed by atoms with Crippen molar-refractivity contribution in [2.24, 2.45) is 0 Å². The van der Waals surface area contributed by atoms with Crippen molar-refractivity contribution >= 4 is 9.84 Å². The zero-order valence-corrected chi connectivity index (χ0v) is 11.8. The first-order chi connectivity index (χ1) is 8.33. The van der Waals surface area contributed by atoms with E-state index in [1.54, 1.807) is 19.9 Å². The average molecular weight is 273 g/mol. The van der Waals surface area contributed by atoms with Gasteiger partial charge >= 0.3 is 0 Å². The monoisotopic (exact) mass is 273 g/mol. The molecule has 18 heavy (non-hydrogen) atoms. The second-order valence-electron chi connectivity index (χ2n) is 4.65.